The van der Waals surface area contributed by atoms with Crippen LogP contribution in [0.1, 0.15) is 12.5 Å². The zero-order valence-electron chi connectivity index (χ0n) is 12.6. The minimum Gasteiger partial charge on any atom is -0.372 e. The fraction of sp³-hybridized carbons (Fsp3) is 0.312. The van der Waals surface area contributed by atoms with Gasteiger partial charge in [-0.15, -0.1) is 0 Å². The Morgan fingerprint density at radius 1 is 1.27 bits per heavy atom. The van der Waals surface area contributed by atoms with Gasteiger partial charge in [0.25, 0.3) is 0 Å². The number of nitro groups is 1. The van der Waals surface area contributed by atoms with Crippen molar-refractivity contribution in [3.63, 3.8) is 0 Å². The van der Waals surface area contributed by atoms with Crippen LogP contribution in [0.25, 0.3) is 0 Å². The molecule has 1 aliphatic rings. The molecule has 6 heteroatoms. The maximum atomic E-state index is 11.3. The molecule has 1 atom stereocenters. The summed E-state index contributed by atoms with van der Waals surface area (Å²) in [5.41, 5.74) is 2.36. The molecule has 22 heavy (non-hydrogen) atoms. The highest BCUT2D eigenvalue weighted by molar-refractivity contribution is 5.62. The van der Waals surface area contributed by atoms with Gasteiger partial charge >= 0.3 is 5.69 Å². The van der Waals surface area contributed by atoms with Crippen LogP contribution >= 0.6 is 0 Å². The van der Waals surface area contributed by atoms with Crippen LogP contribution in [0.2, 0.25) is 0 Å². The summed E-state index contributed by atoms with van der Waals surface area (Å²) in [5, 5.41) is 11.3. The van der Waals surface area contributed by atoms with Crippen molar-refractivity contribution in [1.82, 2.24) is 4.98 Å². The number of rotatable bonds is 2. The van der Waals surface area contributed by atoms with Gasteiger partial charge in [0.05, 0.1) is 4.92 Å². The van der Waals surface area contributed by atoms with Crippen molar-refractivity contribution in [2.45, 2.75) is 19.5 Å². The molecule has 2 aromatic rings. The molecular formula is C16H18N4O2. The van der Waals surface area contributed by atoms with E-state index < -0.39 is 0 Å². The molecule has 0 saturated carbocycles. The lowest BCUT2D eigenvalue weighted by molar-refractivity contribution is -0.384. The van der Waals surface area contributed by atoms with Gasteiger partial charge in [-0.3, -0.25) is 10.1 Å². The van der Waals surface area contributed by atoms with E-state index >= 15 is 0 Å². The number of hydrogen-bond acceptors (Lipinski definition) is 5. The molecule has 2 heterocycles. The van der Waals surface area contributed by atoms with Crippen LogP contribution in [0.3, 0.4) is 0 Å². The van der Waals surface area contributed by atoms with Crippen molar-refractivity contribution in [3.05, 3.63) is 58.3 Å². The van der Waals surface area contributed by atoms with Gasteiger partial charge in [-0.2, -0.15) is 0 Å². The molecule has 0 spiro atoms. The highest BCUT2D eigenvalue weighted by Crippen LogP contribution is 2.32. The Kier molecular flexibility index (Phi) is 3.66. The lowest BCUT2D eigenvalue weighted by Crippen LogP contribution is -2.38. The summed E-state index contributed by atoms with van der Waals surface area (Å²) >= 11 is 0. The summed E-state index contributed by atoms with van der Waals surface area (Å²) in [6.45, 7) is 3.46. The fourth-order valence-corrected chi connectivity index (χ4v) is 2.99. The van der Waals surface area contributed by atoms with Crippen LogP contribution in [0.15, 0.2) is 42.6 Å². The van der Waals surface area contributed by atoms with Gasteiger partial charge in [0, 0.05) is 44.1 Å². The fourth-order valence-electron chi connectivity index (χ4n) is 2.99. The number of hydrogen-bond donors (Lipinski definition) is 0. The van der Waals surface area contributed by atoms with E-state index in [2.05, 4.69) is 28.9 Å². The Hall–Kier alpha value is -2.63. The number of nitrogens with zero attached hydrogens (tertiary/aromatic N) is 4. The quantitative estimate of drug-likeness (QED) is 0.630. The predicted octanol–water partition coefficient (Wildman–Crippen LogP) is 2.83. The Balaban J connectivity index is 2.06. The third kappa shape index (κ3) is 2.47. The summed E-state index contributed by atoms with van der Waals surface area (Å²) in [6, 6.07) is 11.4. The van der Waals surface area contributed by atoms with Crippen molar-refractivity contribution in [2.24, 2.45) is 0 Å². The summed E-state index contributed by atoms with van der Waals surface area (Å²) in [7, 11) is 2.05. The average molecular weight is 298 g/mol. The second-order valence-corrected chi connectivity index (χ2v) is 5.59. The van der Waals surface area contributed by atoms with Crippen LogP contribution in [0.5, 0.6) is 0 Å². The van der Waals surface area contributed by atoms with Gasteiger partial charge in [0.2, 0.25) is 5.82 Å². The Morgan fingerprint density at radius 3 is 2.82 bits per heavy atom. The van der Waals surface area contributed by atoms with E-state index in [0.29, 0.717) is 12.4 Å². The SMILES string of the molecule is CC1CN(C)c2ccccc2CN1c1ncccc1[N+](=O)[O-]. The molecule has 3 rings (SSSR count). The first-order chi connectivity index (χ1) is 10.6. The zero-order valence-corrected chi connectivity index (χ0v) is 12.6. The molecular weight excluding hydrogens is 280 g/mol. The molecule has 1 aromatic carbocycles. The first-order valence-electron chi connectivity index (χ1n) is 7.23. The van der Waals surface area contributed by atoms with Crippen LogP contribution in [0.4, 0.5) is 17.2 Å². The minimum absolute atomic E-state index is 0.0522. The second-order valence-electron chi connectivity index (χ2n) is 5.59. The summed E-state index contributed by atoms with van der Waals surface area (Å²) < 4.78 is 0. The first kappa shape index (κ1) is 14.3. The molecule has 114 valence electrons. The van der Waals surface area contributed by atoms with Crippen LogP contribution < -0.4 is 9.80 Å². The smallest absolute Gasteiger partial charge is 0.311 e. The number of likely N-dealkylation sites (N-methyl/N-ethyl adjacent to an activating group) is 1. The van der Waals surface area contributed by atoms with Gasteiger partial charge < -0.3 is 9.80 Å². The van der Waals surface area contributed by atoms with E-state index in [1.807, 2.05) is 24.1 Å². The van der Waals surface area contributed by atoms with Crippen molar-refractivity contribution >= 4 is 17.2 Å². The summed E-state index contributed by atoms with van der Waals surface area (Å²) in [6.07, 6.45) is 1.61. The van der Waals surface area contributed by atoms with Crippen molar-refractivity contribution in [3.8, 4) is 0 Å². The van der Waals surface area contributed by atoms with Gasteiger partial charge in [-0.05, 0) is 24.6 Å². The van der Waals surface area contributed by atoms with Crippen molar-refractivity contribution in [1.29, 1.82) is 0 Å². The Labute approximate surface area is 129 Å². The molecule has 0 radical (unpaired) electrons. The van der Waals surface area contributed by atoms with E-state index in [4.69, 9.17) is 0 Å². The van der Waals surface area contributed by atoms with Gasteiger partial charge in [-0.25, -0.2) is 4.98 Å². The Morgan fingerprint density at radius 2 is 2.05 bits per heavy atom. The molecule has 0 amide bonds. The molecule has 0 N–H and O–H groups in total. The standard InChI is InChI=1S/C16H18N4O2/c1-12-10-18(2)14-7-4-3-6-13(14)11-19(12)16-15(20(21)22)8-5-9-17-16/h3-9,12H,10-11H2,1-2H3. The molecule has 0 bridgehead atoms. The minimum atomic E-state index is -0.366. The summed E-state index contributed by atoms with van der Waals surface area (Å²) in [4.78, 5) is 19.4. The number of benzene rings is 1. The van der Waals surface area contributed by atoms with E-state index in [-0.39, 0.29) is 16.7 Å². The maximum absolute atomic E-state index is 11.3. The number of para-hydroxylation sites is 1. The highest BCUT2D eigenvalue weighted by atomic mass is 16.6. The highest BCUT2D eigenvalue weighted by Gasteiger charge is 2.28. The average Bonchev–Trinajstić information content (AvgIpc) is 2.64. The van der Waals surface area contributed by atoms with Gasteiger partial charge in [0.15, 0.2) is 0 Å². The number of fused-ring (bicyclic) bond motifs is 1. The number of aromatic nitrogens is 1. The third-order valence-electron chi connectivity index (χ3n) is 4.05. The van der Waals surface area contributed by atoms with Gasteiger partial charge in [-0.1, -0.05) is 18.2 Å². The molecule has 6 nitrogen and oxygen atoms in total. The van der Waals surface area contributed by atoms with Gasteiger partial charge in [0.1, 0.15) is 0 Å². The van der Waals surface area contributed by atoms with Crippen LogP contribution in [0, 0.1) is 10.1 Å². The number of pyridine rings is 1. The van der Waals surface area contributed by atoms with Crippen molar-refractivity contribution in [2.75, 3.05) is 23.4 Å². The predicted molar refractivity (Wildman–Crippen MR) is 86.2 cm³/mol. The van der Waals surface area contributed by atoms with E-state index in [9.17, 15) is 10.1 Å². The molecule has 0 fully saturated rings. The normalized spacial score (nSPS) is 17.8. The first-order valence-corrected chi connectivity index (χ1v) is 7.23. The number of anilines is 2. The maximum Gasteiger partial charge on any atom is 0.311 e. The van der Waals surface area contributed by atoms with E-state index in [0.717, 1.165) is 17.8 Å². The topological polar surface area (TPSA) is 62.5 Å². The monoisotopic (exact) mass is 298 g/mol. The molecule has 1 unspecified atom stereocenters. The lowest BCUT2D eigenvalue weighted by atomic mass is 10.1. The third-order valence-corrected chi connectivity index (χ3v) is 4.05. The van der Waals surface area contributed by atoms with Crippen LogP contribution in [-0.2, 0) is 6.54 Å². The largest absolute Gasteiger partial charge is 0.372 e. The van der Waals surface area contributed by atoms with E-state index in [1.165, 1.54) is 6.07 Å². The Bertz CT molecular complexity index is 704. The van der Waals surface area contributed by atoms with Crippen LogP contribution in [-0.4, -0.2) is 29.5 Å². The molecule has 1 aromatic heterocycles. The summed E-state index contributed by atoms with van der Waals surface area (Å²) in [5.74, 6) is 0.435. The molecule has 0 saturated heterocycles. The molecule has 1 aliphatic heterocycles. The zero-order chi connectivity index (χ0) is 15.7. The van der Waals surface area contributed by atoms with E-state index in [1.54, 1.807) is 12.3 Å². The molecule has 0 aliphatic carbocycles. The van der Waals surface area contributed by atoms with Crippen molar-refractivity contribution < 1.29 is 4.92 Å². The second kappa shape index (κ2) is 5.63. The lowest BCUT2D eigenvalue weighted by Gasteiger charge is -2.29.